The van der Waals surface area contributed by atoms with E-state index in [1.807, 2.05) is 0 Å². The maximum absolute atomic E-state index is 12.3. The molecule has 0 aliphatic carbocycles. The van der Waals surface area contributed by atoms with Gasteiger partial charge in [0.1, 0.15) is 6.04 Å². The van der Waals surface area contributed by atoms with Crippen LogP contribution in [0, 0.1) is 0 Å². The number of aliphatic hydroxyl groups excluding tert-OH is 1. The Morgan fingerprint density at radius 2 is 2.12 bits per heavy atom. The first-order valence-electron chi connectivity index (χ1n) is 6.91. The van der Waals surface area contributed by atoms with E-state index in [0.717, 1.165) is 0 Å². The zero-order valence-corrected chi connectivity index (χ0v) is 15.7. The number of amides is 3. The number of hydrogen-bond acceptors (Lipinski definition) is 5. The van der Waals surface area contributed by atoms with Crippen LogP contribution in [-0.4, -0.2) is 57.8 Å². The van der Waals surface area contributed by atoms with E-state index in [0.29, 0.717) is 15.6 Å². The quantitative estimate of drug-likeness (QED) is 0.296. The van der Waals surface area contributed by atoms with Gasteiger partial charge in [0.15, 0.2) is 0 Å². The van der Waals surface area contributed by atoms with Gasteiger partial charge in [0.05, 0.1) is 12.6 Å². The molecule has 0 spiro atoms. The van der Waals surface area contributed by atoms with Gasteiger partial charge in [0.2, 0.25) is 0 Å². The van der Waals surface area contributed by atoms with Crippen molar-refractivity contribution in [3.63, 3.8) is 0 Å². The van der Waals surface area contributed by atoms with Gasteiger partial charge in [-0.3, -0.25) is 9.35 Å². The molecule has 9 nitrogen and oxygen atoms in total. The van der Waals surface area contributed by atoms with E-state index in [9.17, 15) is 18.0 Å². The van der Waals surface area contributed by atoms with Gasteiger partial charge in [0.25, 0.3) is 5.91 Å². The molecule has 3 amide bonds. The van der Waals surface area contributed by atoms with Crippen LogP contribution in [0.3, 0.4) is 0 Å². The molecule has 3 rings (SSSR count). The SMILES string of the molecule is O=C(Nc1cccc(CO)c1)N1CC[C@@H]2[C@H]1C(=O)N2S(=O)(=O)O.[H-].[Na+]. The number of carbonyl (C=O) groups is 2. The first-order chi connectivity index (χ1) is 10.8. The number of rotatable bonds is 3. The summed E-state index contributed by atoms with van der Waals surface area (Å²) in [6, 6.07) is 4.47. The molecular formula is C13H16N3NaO6S. The summed E-state index contributed by atoms with van der Waals surface area (Å²) in [5, 5.41) is 11.7. The van der Waals surface area contributed by atoms with Crippen molar-refractivity contribution in [2.75, 3.05) is 11.9 Å². The summed E-state index contributed by atoms with van der Waals surface area (Å²) < 4.78 is 31.7. The molecule has 2 aliphatic rings. The second-order valence-electron chi connectivity index (χ2n) is 5.39. The normalized spacial score (nSPS) is 22.5. The minimum atomic E-state index is -4.59. The monoisotopic (exact) mass is 365 g/mol. The Balaban J connectivity index is 0.00000156. The second kappa shape index (κ2) is 6.98. The van der Waals surface area contributed by atoms with Crippen molar-refractivity contribution in [1.29, 1.82) is 0 Å². The predicted octanol–water partition coefficient (Wildman–Crippen LogP) is -3.08. The molecule has 2 saturated heterocycles. The smallest absolute Gasteiger partial charge is 1.00 e. The van der Waals surface area contributed by atoms with Crippen LogP contribution in [0.15, 0.2) is 24.3 Å². The third-order valence-corrected chi connectivity index (χ3v) is 4.96. The van der Waals surface area contributed by atoms with Crippen LogP contribution >= 0.6 is 0 Å². The third kappa shape index (κ3) is 3.30. The largest absolute Gasteiger partial charge is 1.00 e. The topological polar surface area (TPSA) is 127 Å². The molecule has 0 saturated carbocycles. The number of nitrogens with zero attached hydrogens (tertiary/aromatic N) is 2. The molecule has 1 aromatic rings. The van der Waals surface area contributed by atoms with Crippen molar-refractivity contribution in [2.45, 2.75) is 25.1 Å². The summed E-state index contributed by atoms with van der Waals surface area (Å²) >= 11 is 0. The zero-order chi connectivity index (χ0) is 16.8. The molecule has 0 radical (unpaired) electrons. The average Bonchev–Trinajstić information content (AvgIpc) is 2.84. The Kier molecular flexibility index (Phi) is 5.57. The minimum Gasteiger partial charge on any atom is -1.00 e. The first kappa shape index (κ1) is 19.2. The number of nitrogens with one attached hydrogen (secondary N) is 1. The van der Waals surface area contributed by atoms with E-state index in [1.165, 1.54) is 4.90 Å². The Bertz CT molecular complexity index is 777. The summed E-state index contributed by atoms with van der Waals surface area (Å²) in [7, 11) is -4.59. The van der Waals surface area contributed by atoms with Crippen molar-refractivity contribution in [3.8, 4) is 0 Å². The van der Waals surface area contributed by atoms with E-state index in [2.05, 4.69) is 5.32 Å². The molecule has 1 aromatic carbocycles. The Morgan fingerprint density at radius 3 is 2.75 bits per heavy atom. The number of anilines is 1. The van der Waals surface area contributed by atoms with Crippen LogP contribution in [0.5, 0.6) is 0 Å². The minimum absolute atomic E-state index is 0. The number of urea groups is 1. The third-order valence-electron chi connectivity index (χ3n) is 4.01. The number of fused-ring (bicyclic) bond motifs is 1. The summed E-state index contributed by atoms with van der Waals surface area (Å²) in [4.78, 5) is 25.4. The van der Waals surface area contributed by atoms with Crippen molar-refractivity contribution in [3.05, 3.63) is 29.8 Å². The van der Waals surface area contributed by atoms with Crippen LogP contribution in [0.4, 0.5) is 10.5 Å². The molecule has 11 heteroatoms. The number of aliphatic hydroxyl groups is 1. The molecule has 2 fully saturated rings. The molecule has 24 heavy (non-hydrogen) atoms. The Hall–Kier alpha value is -1.17. The molecule has 2 heterocycles. The van der Waals surface area contributed by atoms with Gasteiger partial charge in [-0.15, -0.1) is 0 Å². The number of benzene rings is 1. The summed E-state index contributed by atoms with van der Waals surface area (Å²) in [5.41, 5.74) is 1.09. The fourth-order valence-corrected chi connectivity index (χ4v) is 3.88. The van der Waals surface area contributed by atoms with Gasteiger partial charge in [-0.2, -0.15) is 8.42 Å². The maximum Gasteiger partial charge on any atom is 1.00 e. The summed E-state index contributed by atoms with van der Waals surface area (Å²) in [6.45, 7) is 0.0402. The fraction of sp³-hybridized carbons (Fsp3) is 0.385. The zero-order valence-electron chi connectivity index (χ0n) is 13.9. The van der Waals surface area contributed by atoms with Crippen LogP contribution < -0.4 is 34.9 Å². The fourth-order valence-electron chi connectivity index (χ4n) is 2.99. The molecule has 2 aliphatic heterocycles. The molecule has 0 aromatic heterocycles. The maximum atomic E-state index is 12.3. The first-order valence-corrected chi connectivity index (χ1v) is 8.30. The summed E-state index contributed by atoms with van der Waals surface area (Å²) in [6.07, 6.45) is 0.278. The van der Waals surface area contributed by atoms with E-state index in [4.69, 9.17) is 9.66 Å². The Labute approximate surface area is 162 Å². The van der Waals surface area contributed by atoms with Crippen molar-refractivity contribution in [2.24, 2.45) is 0 Å². The van der Waals surface area contributed by atoms with Crippen LogP contribution in [0.2, 0.25) is 0 Å². The number of likely N-dealkylation sites (tertiary alicyclic amines) is 1. The van der Waals surface area contributed by atoms with E-state index in [1.54, 1.807) is 24.3 Å². The molecule has 0 bridgehead atoms. The van der Waals surface area contributed by atoms with Gasteiger partial charge >= 0.3 is 45.9 Å². The number of hydrogen-bond donors (Lipinski definition) is 3. The van der Waals surface area contributed by atoms with E-state index < -0.39 is 34.3 Å². The summed E-state index contributed by atoms with van der Waals surface area (Å²) in [5.74, 6) is -0.811. The van der Waals surface area contributed by atoms with Gasteiger partial charge < -0.3 is 16.7 Å². The predicted molar refractivity (Wildman–Crippen MR) is 79.8 cm³/mol. The van der Waals surface area contributed by atoms with E-state index >= 15 is 0 Å². The van der Waals surface area contributed by atoms with Gasteiger partial charge in [-0.1, -0.05) is 12.1 Å². The molecule has 126 valence electrons. The van der Waals surface area contributed by atoms with Crippen molar-refractivity contribution in [1.82, 2.24) is 9.21 Å². The van der Waals surface area contributed by atoms with Crippen molar-refractivity contribution >= 4 is 27.9 Å². The van der Waals surface area contributed by atoms with E-state index in [-0.39, 0.29) is 50.6 Å². The second-order valence-corrected chi connectivity index (χ2v) is 6.68. The van der Waals surface area contributed by atoms with Gasteiger partial charge in [-0.25, -0.2) is 9.10 Å². The van der Waals surface area contributed by atoms with Crippen LogP contribution in [-0.2, 0) is 21.7 Å². The number of carbonyl (C=O) groups excluding carboxylic acids is 2. The standard InChI is InChI=1S/C13H15N3O6S.Na.H/c17-7-8-2-1-3-9(6-8)14-13(19)15-5-4-10-11(15)12(18)16(10)23(20,21)22;;/h1-3,6,10-11,17H,4-5,7H2,(H,14,19)(H,20,21,22);;/q;+1;-1/t10-,11+;;/m1../s1. The molecule has 0 unspecified atom stereocenters. The molecule has 3 N–H and O–H groups in total. The number of β-lactam (4-membered cyclic amide) rings is 1. The Morgan fingerprint density at radius 1 is 1.42 bits per heavy atom. The van der Waals surface area contributed by atoms with Gasteiger partial charge in [0, 0.05) is 12.2 Å². The van der Waals surface area contributed by atoms with Crippen molar-refractivity contribution < 1.29 is 58.7 Å². The molecule has 2 atom stereocenters. The van der Waals surface area contributed by atoms with Gasteiger partial charge in [-0.05, 0) is 24.1 Å². The van der Waals surface area contributed by atoms with Crippen LogP contribution in [0.1, 0.15) is 13.4 Å². The average molecular weight is 365 g/mol. The van der Waals surface area contributed by atoms with Crippen LogP contribution in [0.25, 0.3) is 0 Å². The molecular weight excluding hydrogens is 349 g/mol.